The van der Waals surface area contributed by atoms with Crippen LogP contribution < -0.4 is 0 Å². The molecular formula is C14H19NO4. The Morgan fingerprint density at radius 1 is 1.42 bits per heavy atom. The fourth-order valence-corrected chi connectivity index (χ4v) is 2.28. The van der Waals surface area contributed by atoms with Gasteiger partial charge in [-0.25, -0.2) is 0 Å². The quantitative estimate of drug-likeness (QED) is 0.606. The number of hydrogen-bond donors (Lipinski definition) is 0. The first-order chi connectivity index (χ1) is 9.15. The maximum Gasteiger partial charge on any atom is 0.233 e. The average molecular weight is 265 g/mol. The summed E-state index contributed by atoms with van der Waals surface area (Å²) >= 11 is 0. The minimum atomic E-state index is -0.550. The summed E-state index contributed by atoms with van der Waals surface area (Å²) in [4.78, 5) is 10.4. The molecule has 5 nitrogen and oxygen atoms in total. The lowest BCUT2D eigenvalue weighted by Gasteiger charge is -2.30. The maximum absolute atomic E-state index is 10.8. The van der Waals surface area contributed by atoms with Gasteiger partial charge in [-0.15, -0.1) is 0 Å². The summed E-state index contributed by atoms with van der Waals surface area (Å²) in [6, 6.07) is 9.29. The summed E-state index contributed by atoms with van der Waals surface area (Å²) in [7, 11) is 0. The van der Waals surface area contributed by atoms with Crippen molar-refractivity contribution < 1.29 is 14.4 Å². The Morgan fingerprint density at radius 2 is 2.16 bits per heavy atom. The fourth-order valence-electron chi connectivity index (χ4n) is 2.28. The van der Waals surface area contributed by atoms with Crippen LogP contribution in [0.1, 0.15) is 37.9 Å². The number of nitro groups is 1. The average Bonchev–Trinajstić information content (AvgIpc) is 2.38. The summed E-state index contributed by atoms with van der Waals surface area (Å²) in [5.74, 6) is 0. The van der Waals surface area contributed by atoms with Crippen LogP contribution in [0.15, 0.2) is 30.3 Å². The van der Waals surface area contributed by atoms with Crippen LogP contribution in [0.3, 0.4) is 0 Å². The number of rotatable bonds is 5. The zero-order valence-electron chi connectivity index (χ0n) is 11.0. The molecule has 0 unspecified atom stereocenters. The Hall–Kier alpha value is -1.46. The molecule has 2 rings (SSSR count). The van der Waals surface area contributed by atoms with Gasteiger partial charge in [-0.1, -0.05) is 30.3 Å². The number of hydrogen-bond acceptors (Lipinski definition) is 4. The Kier molecular flexibility index (Phi) is 4.87. The normalized spacial score (nSPS) is 24.9. The zero-order valence-corrected chi connectivity index (χ0v) is 11.0. The van der Waals surface area contributed by atoms with E-state index < -0.39 is 6.10 Å². The summed E-state index contributed by atoms with van der Waals surface area (Å²) in [6.07, 6.45) is 2.12. The van der Waals surface area contributed by atoms with Gasteiger partial charge in [0, 0.05) is 4.92 Å². The van der Waals surface area contributed by atoms with Crippen LogP contribution in [0.2, 0.25) is 0 Å². The lowest BCUT2D eigenvalue weighted by atomic mass is 10.1. The zero-order chi connectivity index (χ0) is 13.7. The first-order valence-corrected chi connectivity index (χ1v) is 6.63. The van der Waals surface area contributed by atoms with E-state index in [1.54, 1.807) is 0 Å². The highest BCUT2D eigenvalue weighted by atomic mass is 16.7. The van der Waals surface area contributed by atoms with E-state index in [2.05, 4.69) is 0 Å². The predicted molar refractivity (Wildman–Crippen MR) is 70.3 cm³/mol. The monoisotopic (exact) mass is 265 g/mol. The lowest BCUT2D eigenvalue weighted by Crippen LogP contribution is -2.31. The van der Waals surface area contributed by atoms with Crippen LogP contribution in [0, 0.1) is 10.1 Å². The van der Waals surface area contributed by atoms with E-state index >= 15 is 0 Å². The first-order valence-electron chi connectivity index (χ1n) is 6.63. The molecule has 0 bridgehead atoms. The second kappa shape index (κ2) is 6.63. The summed E-state index contributed by atoms with van der Waals surface area (Å²) in [6.45, 7) is 1.76. The van der Waals surface area contributed by atoms with E-state index in [0.717, 1.165) is 24.8 Å². The van der Waals surface area contributed by atoms with Crippen LogP contribution in [-0.2, 0) is 9.47 Å². The molecule has 1 heterocycles. The molecule has 0 aliphatic carbocycles. The van der Waals surface area contributed by atoms with Crippen molar-refractivity contribution in [1.82, 2.24) is 0 Å². The van der Waals surface area contributed by atoms with E-state index in [1.165, 1.54) is 0 Å². The van der Waals surface area contributed by atoms with Crippen molar-refractivity contribution in [2.75, 3.05) is 6.54 Å². The van der Waals surface area contributed by atoms with Crippen LogP contribution in [0.5, 0.6) is 0 Å². The number of nitrogens with zero attached hydrogens (tertiary/aromatic N) is 1. The van der Waals surface area contributed by atoms with Gasteiger partial charge in [-0.3, -0.25) is 10.1 Å². The highest BCUT2D eigenvalue weighted by molar-refractivity contribution is 5.17. The molecule has 1 aromatic rings. The van der Waals surface area contributed by atoms with Crippen molar-refractivity contribution in [3.8, 4) is 0 Å². The summed E-state index contributed by atoms with van der Waals surface area (Å²) in [5.41, 5.74) is 0.820. The highest BCUT2D eigenvalue weighted by Gasteiger charge is 2.26. The van der Waals surface area contributed by atoms with Crippen LogP contribution in [-0.4, -0.2) is 23.9 Å². The van der Waals surface area contributed by atoms with Crippen molar-refractivity contribution >= 4 is 0 Å². The maximum atomic E-state index is 10.8. The highest BCUT2D eigenvalue weighted by Crippen LogP contribution is 2.26. The van der Waals surface area contributed by atoms with Crippen LogP contribution in [0.25, 0.3) is 0 Å². The fraction of sp³-hybridized carbons (Fsp3) is 0.571. The molecule has 0 spiro atoms. The molecular weight excluding hydrogens is 246 g/mol. The van der Waals surface area contributed by atoms with Gasteiger partial charge >= 0.3 is 0 Å². The second-order valence-electron chi connectivity index (χ2n) is 4.86. The third kappa shape index (κ3) is 4.29. The lowest BCUT2D eigenvalue weighted by molar-refractivity contribution is -0.496. The van der Waals surface area contributed by atoms with Crippen molar-refractivity contribution in [2.45, 2.75) is 44.7 Å². The molecule has 0 N–H and O–H groups in total. The largest absolute Gasteiger partial charge is 0.350 e. The molecule has 1 fully saturated rings. The Bertz CT molecular complexity index is 409. The molecule has 1 saturated heterocycles. The third-order valence-electron chi connectivity index (χ3n) is 3.24. The Balaban J connectivity index is 2.03. The van der Waals surface area contributed by atoms with Gasteiger partial charge < -0.3 is 9.47 Å². The summed E-state index contributed by atoms with van der Waals surface area (Å²) < 4.78 is 11.5. The predicted octanol–water partition coefficient (Wildman–Crippen LogP) is 2.94. The summed E-state index contributed by atoms with van der Waals surface area (Å²) in [5, 5.41) is 10.8. The Morgan fingerprint density at radius 3 is 2.79 bits per heavy atom. The van der Waals surface area contributed by atoms with Crippen molar-refractivity contribution in [1.29, 1.82) is 0 Å². The smallest absolute Gasteiger partial charge is 0.233 e. The van der Waals surface area contributed by atoms with Crippen LogP contribution in [0.4, 0.5) is 0 Å². The molecule has 0 aromatic heterocycles. The van der Waals surface area contributed by atoms with Gasteiger partial charge in [0.1, 0.15) is 6.10 Å². The molecule has 5 heteroatoms. The van der Waals surface area contributed by atoms with Gasteiger partial charge in [-0.2, -0.15) is 0 Å². The topological polar surface area (TPSA) is 61.6 Å². The van der Waals surface area contributed by atoms with E-state index in [4.69, 9.17) is 9.47 Å². The van der Waals surface area contributed by atoms with Gasteiger partial charge in [0.25, 0.3) is 0 Å². The minimum absolute atomic E-state index is 0.158. The SMILES string of the molecule is C[C@H]1CCC[C@@H](O[C@@H](C[N+](=O)[O-])c2ccccc2)O1. The van der Waals surface area contributed by atoms with E-state index in [1.807, 2.05) is 37.3 Å². The molecule has 19 heavy (non-hydrogen) atoms. The third-order valence-corrected chi connectivity index (χ3v) is 3.24. The van der Waals surface area contributed by atoms with E-state index in [0.29, 0.717) is 0 Å². The number of ether oxygens (including phenoxy) is 2. The van der Waals surface area contributed by atoms with E-state index in [-0.39, 0.29) is 23.9 Å². The van der Waals surface area contributed by atoms with Gasteiger partial charge in [0.05, 0.1) is 6.10 Å². The molecule has 1 aromatic carbocycles. The first kappa shape index (κ1) is 14.0. The molecule has 1 aliphatic rings. The van der Waals surface area contributed by atoms with Gasteiger partial charge in [0.2, 0.25) is 6.54 Å². The van der Waals surface area contributed by atoms with Crippen molar-refractivity contribution in [3.63, 3.8) is 0 Å². The molecule has 104 valence electrons. The molecule has 0 saturated carbocycles. The minimum Gasteiger partial charge on any atom is -0.350 e. The van der Waals surface area contributed by atoms with Crippen molar-refractivity contribution in [3.05, 3.63) is 46.0 Å². The number of benzene rings is 1. The molecule has 0 amide bonds. The second-order valence-corrected chi connectivity index (χ2v) is 4.86. The van der Waals surface area contributed by atoms with Gasteiger partial charge in [0.15, 0.2) is 6.29 Å². The van der Waals surface area contributed by atoms with Crippen molar-refractivity contribution in [2.24, 2.45) is 0 Å². The van der Waals surface area contributed by atoms with Crippen LogP contribution >= 0.6 is 0 Å². The molecule has 0 radical (unpaired) electrons. The van der Waals surface area contributed by atoms with Gasteiger partial charge in [-0.05, 0) is 31.7 Å². The molecule has 3 atom stereocenters. The standard InChI is InChI=1S/C14H19NO4/c1-11-6-5-9-14(18-11)19-13(10-15(16)17)12-7-3-2-4-8-12/h2-4,7-8,11,13-14H,5-6,9-10H2,1H3/t11-,13-,14+/m0/s1. The molecule has 1 aliphatic heterocycles. The van der Waals surface area contributed by atoms with E-state index in [9.17, 15) is 10.1 Å². The Labute approximate surface area is 112 Å².